The zero-order valence-electron chi connectivity index (χ0n) is 16.9. The summed E-state index contributed by atoms with van der Waals surface area (Å²) < 4.78 is 46.5. The molecule has 2 rings (SSSR count). The summed E-state index contributed by atoms with van der Waals surface area (Å²) in [5.74, 6) is -0.330. The SMILES string of the molecule is CCCCCN(Cc1ccc(F)cc1)S(=O)(=O)c1ccc(OC)c(NC(C)=O)c1. The lowest BCUT2D eigenvalue weighted by Gasteiger charge is -2.23. The molecule has 0 atom stereocenters. The van der Waals surface area contributed by atoms with Gasteiger partial charge in [-0.1, -0.05) is 31.9 Å². The summed E-state index contributed by atoms with van der Waals surface area (Å²) in [7, 11) is -2.40. The first-order chi connectivity index (χ1) is 13.8. The highest BCUT2D eigenvalue weighted by atomic mass is 32.2. The Labute approximate surface area is 171 Å². The van der Waals surface area contributed by atoms with Crippen LogP contribution in [0.15, 0.2) is 47.4 Å². The van der Waals surface area contributed by atoms with Gasteiger partial charge in [-0.05, 0) is 42.3 Å². The molecule has 2 aromatic carbocycles. The molecule has 29 heavy (non-hydrogen) atoms. The van der Waals surface area contributed by atoms with Gasteiger partial charge < -0.3 is 10.1 Å². The Morgan fingerprint density at radius 3 is 2.41 bits per heavy atom. The van der Waals surface area contributed by atoms with Gasteiger partial charge in [0.2, 0.25) is 15.9 Å². The molecule has 0 saturated carbocycles. The van der Waals surface area contributed by atoms with Crippen molar-refractivity contribution in [1.82, 2.24) is 4.31 Å². The first-order valence-electron chi connectivity index (χ1n) is 9.48. The maximum atomic E-state index is 13.3. The lowest BCUT2D eigenvalue weighted by atomic mass is 10.2. The van der Waals surface area contributed by atoms with Crippen LogP contribution < -0.4 is 10.1 Å². The Morgan fingerprint density at radius 2 is 1.83 bits per heavy atom. The third kappa shape index (κ3) is 6.27. The van der Waals surface area contributed by atoms with Crippen LogP contribution in [-0.4, -0.2) is 32.3 Å². The third-order valence-electron chi connectivity index (χ3n) is 4.40. The highest BCUT2D eigenvalue weighted by molar-refractivity contribution is 7.89. The molecule has 0 aromatic heterocycles. The van der Waals surface area contributed by atoms with E-state index in [0.717, 1.165) is 12.8 Å². The number of rotatable bonds is 10. The topological polar surface area (TPSA) is 75.7 Å². The summed E-state index contributed by atoms with van der Waals surface area (Å²) in [4.78, 5) is 11.5. The van der Waals surface area contributed by atoms with Crippen molar-refractivity contribution in [1.29, 1.82) is 0 Å². The number of anilines is 1. The number of sulfonamides is 1. The molecule has 0 aliphatic carbocycles. The largest absolute Gasteiger partial charge is 0.495 e. The van der Waals surface area contributed by atoms with E-state index in [9.17, 15) is 17.6 Å². The van der Waals surface area contributed by atoms with Crippen molar-refractivity contribution in [2.24, 2.45) is 0 Å². The molecule has 0 heterocycles. The lowest BCUT2D eigenvalue weighted by molar-refractivity contribution is -0.114. The van der Waals surface area contributed by atoms with Crippen molar-refractivity contribution in [3.63, 3.8) is 0 Å². The fraction of sp³-hybridized carbons (Fsp3) is 0.381. The highest BCUT2D eigenvalue weighted by Gasteiger charge is 2.25. The van der Waals surface area contributed by atoms with Gasteiger partial charge in [0.05, 0.1) is 17.7 Å². The standard InChI is InChI=1S/C21H27FN2O4S/c1-4-5-6-13-24(15-17-7-9-18(22)10-8-17)29(26,27)19-11-12-21(28-3)20(14-19)23-16(2)25/h7-12,14H,4-6,13,15H2,1-3H3,(H,23,25). The summed E-state index contributed by atoms with van der Waals surface area (Å²) in [6.07, 6.45) is 2.57. The Morgan fingerprint density at radius 1 is 1.14 bits per heavy atom. The number of amides is 1. The molecular formula is C21H27FN2O4S. The van der Waals surface area contributed by atoms with Crippen LogP contribution in [0.25, 0.3) is 0 Å². The summed E-state index contributed by atoms with van der Waals surface area (Å²) in [5.41, 5.74) is 0.985. The molecule has 0 aliphatic rings. The van der Waals surface area contributed by atoms with Gasteiger partial charge in [-0.2, -0.15) is 4.31 Å². The molecule has 158 valence electrons. The predicted molar refractivity (Wildman–Crippen MR) is 111 cm³/mol. The van der Waals surface area contributed by atoms with Crippen LogP contribution in [0.1, 0.15) is 38.7 Å². The predicted octanol–water partition coefficient (Wildman–Crippen LogP) is 4.17. The first kappa shape index (κ1) is 22.8. The summed E-state index contributed by atoms with van der Waals surface area (Å²) in [6, 6.07) is 10.1. The second-order valence-corrected chi connectivity index (χ2v) is 8.65. The van der Waals surface area contributed by atoms with E-state index in [0.29, 0.717) is 24.3 Å². The van der Waals surface area contributed by atoms with Crippen molar-refractivity contribution < 1.29 is 22.3 Å². The van der Waals surface area contributed by atoms with Crippen molar-refractivity contribution in [3.8, 4) is 5.75 Å². The number of ether oxygens (including phenoxy) is 1. The number of methoxy groups -OCH3 is 1. The Kier molecular flexibility index (Phi) is 8.16. The summed E-state index contributed by atoms with van der Waals surface area (Å²) in [6.45, 7) is 3.86. The van der Waals surface area contributed by atoms with Gasteiger partial charge in [0.25, 0.3) is 0 Å². The molecular weight excluding hydrogens is 395 g/mol. The van der Waals surface area contributed by atoms with Crippen molar-refractivity contribution in [2.45, 2.75) is 44.6 Å². The smallest absolute Gasteiger partial charge is 0.243 e. The maximum Gasteiger partial charge on any atom is 0.243 e. The molecule has 8 heteroatoms. The zero-order chi connectivity index (χ0) is 21.4. The molecule has 0 fully saturated rings. The second kappa shape index (κ2) is 10.4. The van der Waals surface area contributed by atoms with Crippen LogP contribution in [0.4, 0.5) is 10.1 Å². The minimum absolute atomic E-state index is 0.0562. The normalized spacial score (nSPS) is 11.5. The number of benzene rings is 2. The van der Waals surface area contributed by atoms with Gasteiger partial charge in [0.15, 0.2) is 0 Å². The molecule has 1 amide bonds. The monoisotopic (exact) mass is 422 g/mol. The van der Waals surface area contributed by atoms with E-state index in [1.54, 1.807) is 12.1 Å². The Hall–Kier alpha value is -2.45. The molecule has 1 N–H and O–H groups in total. The number of nitrogens with one attached hydrogen (secondary N) is 1. The molecule has 0 bridgehead atoms. The summed E-state index contributed by atoms with van der Waals surface area (Å²) in [5, 5.41) is 2.60. The van der Waals surface area contributed by atoms with E-state index in [1.807, 2.05) is 6.92 Å². The Balaban J connectivity index is 2.39. The number of halogens is 1. The number of hydrogen-bond donors (Lipinski definition) is 1. The number of carbonyl (C=O) groups is 1. The van der Waals surface area contributed by atoms with Crippen LogP contribution in [0, 0.1) is 5.82 Å². The van der Waals surface area contributed by atoms with E-state index >= 15 is 0 Å². The van der Waals surface area contributed by atoms with E-state index in [4.69, 9.17) is 4.74 Å². The molecule has 0 unspecified atom stereocenters. The minimum atomic E-state index is -3.84. The van der Waals surface area contributed by atoms with Crippen LogP contribution in [0.2, 0.25) is 0 Å². The summed E-state index contributed by atoms with van der Waals surface area (Å²) >= 11 is 0. The second-order valence-electron chi connectivity index (χ2n) is 6.72. The zero-order valence-corrected chi connectivity index (χ0v) is 17.8. The Bertz CT molecular complexity index is 930. The van der Waals surface area contributed by atoms with Gasteiger partial charge in [0, 0.05) is 20.0 Å². The minimum Gasteiger partial charge on any atom is -0.495 e. The molecule has 0 aliphatic heterocycles. The van der Waals surface area contributed by atoms with Gasteiger partial charge in [-0.25, -0.2) is 12.8 Å². The van der Waals surface area contributed by atoms with E-state index < -0.39 is 10.0 Å². The third-order valence-corrected chi connectivity index (χ3v) is 6.24. The van der Waals surface area contributed by atoms with Gasteiger partial charge in [-0.15, -0.1) is 0 Å². The van der Waals surface area contributed by atoms with E-state index in [-0.39, 0.29) is 28.9 Å². The van der Waals surface area contributed by atoms with Crippen molar-refractivity contribution >= 4 is 21.6 Å². The number of nitrogens with zero attached hydrogens (tertiary/aromatic N) is 1. The molecule has 6 nitrogen and oxygen atoms in total. The van der Waals surface area contributed by atoms with Crippen LogP contribution in [0.5, 0.6) is 5.75 Å². The van der Waals surface area contributed by atoms with Gasteiger partial charge in [-0.3, -0.25) is 4.79 Å². The quantitative estimate of drug-likeness (QED) is 0.583. The average molecular weight is 423 g/mol. The van der Waals surface area contributed by atoms with E-state index in [2.05, 4.69) is 5.32 Å². The van der Waals surface area contributed by atoms with Crippen LogP contribution in [0.3, 0.4) is 0 Å². The van der Waals surface area contributed by atoms with Crippen molar-refractivity contribution in [2.75, 3.05) is 19.0 Å². The number of unbranched alkanes of at least 4 members (excludes halogenated alkanes) is 2. The molecule has 0 radical (unpaired) electrons. The molecule has 0 spiro atoms. The number of carbonyl (C=O) groups excluding carboxylic acids is 1. The highest BCUT2D eigenvalue weighted by Crippen LogP contribution is 2.29. The van der Waals surface area contributed by atoms with Crippen LogP contribution in [-0.2, 0) is 21.4 Å². The maximum absolute atomic E-state index is 13.3. The fourth-order valence-electron chi connectivity index (χ4n) is 2.90. The van der Waals surface area contributed by atoms with Gasteiger partial charge >= 0.3 is 0 Å². The average Bonchev–Trinajstić information content (AvgIpc) is 2.68. The molecule has 0 saturated heterocycles. The lowest BCUT2D eigenvalue weighted by Crippen LogP contribution is -2.31. The fourth-order valence-corrected chi connectivity index (χ4v) is 4.39. The first-order valence-corrected chi connectivity index (χ1v) is 10.9. The number of hydrogen-bond acceptors (Lipinski definition) is 4. The van der Waals surface area contributed by atoms with Gasteiger partial charge in [0.1, 0.15) is 11.6 Å². The van der Waals surface area contributed by atoms with E-state index in [1.165, 1.54) is 48.7 Å². The van der Waals surface area contributed by atoms with Crippen LogP contribution >= 0.6 is 0 Å². The molecule has 2 aromatic rings. The van der Waals surface area contributed by atoms with Crippen molar-refractivity contribution in [3.05, 3.63) is 53.8 Å².